The van der Waals surface area contributed by atoms with E-state index >= 15 is 0 Å². The molecule has 6 nitrogen and oxygen atoms in total. The summed E-state index contributed by atoms with van der Waals surface area (Å²) in [5.74, 6) is 1.60. The molecule has 1 aromatic heterocycles. The smallest absolute Gasteiger partial charge is 0.196 e. The lowest BCUT2D eigenvalue weighted by atomic mass is 10.1. The Morgan fingerprint density at radius 1 is 1.13 bits per heavy atom. The topological polar surface area (TPSA) is 63.5 Å². The molecule has 0 aliphatic heterocycles. The van der Waals surface area contributed by atoms with Crippen LogP contribution in [0.5, 0.6) is 5.75 Å². The summed E-state index contributed by atoms with van der Waals surface area (Å²) in [7, 11) is 0. The molecule has 0 amide bonds. The van der Waals surface area contributed by atoms with Crippen LogP contribution in [0.15, 0.2) is 72.2 Å². The third-order valence-electron chi connectivity index (χ3n) is 4.38. The van der Waals surface area contributed by atoms with Gasteiger partial charge in [0.25, 0.3) is 0 Å². The van der Waals surface area contributed by atoms with Gasteiger partial charge in [0, 0.05) is 31.2 Å². The zero-order valence-corrected chi connectivity index (χ0v) is 20.0. The van der Waals surface area contributed by atoms with Crippen LogP contribution in [0.1, 0.15) is 25.0 Å². The molecule has 1 heterocycles. The van der Waals surface area contributed by atoms with Crippen molar-refractivity contribution in [2.75, 3.05) is 11.9 Å². The van der Waals surface area contributed by atoms with Crippen LogP contribution in [0.2, 0.25) is 0 Å². The number of hydrogen-bond donors (Lipinski definition) is 2. The van der Waals surface area contributed by atoms with Gasteiger partial charge in [0.1, 0.15) is 5.75 Å². The second-order valence-electron chi connectivity index (χ2n) is 7.13. The van der Waals surface area contributed by atoms with E-state index in [0.717, 1.165) is 30.5 Å². The first-order valence-corrected chi connectivity index (χ1v) is 9.92. The molecule has 0 fully saturated rings. The minimum absolute atomic E-state index is 0. The molecule has 3 rings (SSSR count). The first-order chi connectivity index (χ1) is 14.1. The molecule has 0 bridgehead atoms. The highest BCUT2D eigenvalue weighted by atomic mass is 127. The Morgan fingerprint density at radius 3 is 2.57 bits per heavy atom. The van der Waals surface area contributed by atoms with E-state index in [9.17, 15) is 0 Å². The maximum Gasteiger partial charge on any atom is 0.196 e. The van der Waals surface area contributed by atoms with Crippen molar-refractivity contribution in [3.05, 3.63) is 78.4 Å². The zero-order chi connectivity index (χ0) is 20.5. The molecular formula is C23H30IN5O. The van der Waals surface area contributed by atoms with Gasteiger partial charge in [-0.15, -0.1) is 24.0 Å². The van der Waals surface area contributed by atoms with E-state index < -0.39 is 0 Å². The van der Waals surface area contributed by atoms with Crippen molar-refractivity contribution in [2.24, 2.45) is 4.99 Å². The standard InChI is InChI=1S/C23H29N5O.HI/c1-18(2)29-22-10-8-21(9-11-22)27-23(25-13-15-28-14-12-24-17-28)26-16-20-7-5-4-6-19(20)3;/h4-12,14,17-18H,13,15-16H2,1-3H3,(H2,25,26,27);1H. The summed E-state index contributed by atoms with van der Waals surface area (Å²) in [6.45, 7) is 8.32. The Labute approximate surface area is 195 Å². The molecule has 160 valence electrons. The number of halogens is 1. The Hall–Kier alpha value is -2.55. The van der Waals surface area contributed by atoms with E-state index in [4.69, 9.17) is 9.73 Å². The summed E-state index contributed by atoms with van der Waals surface area (Å²) in [6, 6.07) is 16.2. The van der Waals surface area contributed by atoms with Gasteiger partial charge in [-0.05, 0) is 56.2 Å². The number of anilines is 1. The molecule has 2 N–H and O–H groups in total. The summed E-state index contributed by atoms with van der Waals surface area (Å²) in [5.41, 5.74) is 3.41. The van der Waals surface area contributed by atoms with Crippen LogP contribution < -0.4 is 15.4 Å². The summed E-state index contributed by atoms with van der Waals surface area (Å²) in [4.78, 5) is 8.86. The van der Waals surface area contributed by atoms with Gasteiger partial charge < -0.3 is 19.9 Å². The first-order valence-electron chi connectivity index (χ1n) is 9.92. The number of aromatic nitrogens is 2. The van der Waals surface area contributed by atoms with Crippen LogP contribution in [0.4, 0.5) is 5.69 Å². The van der Waals surface area contributed by atoms with Crippen molar-refractivity contribution in [2.45, 2.75) is 40.0 Å². The molecule has 0 saturated heterocycles. The van der Waals surface area contributed by atoms with Gasteiger partial charge in [0.05, 0.1) is 19.0 Å². The van der Waals surface area contributed by atoms with E-state index in [0.29, 0.717) is 6.54 Å². The lowest BCUT2D eigenvalue weighted by molar-refractivity contribution is 0.242. The van der Waals surface area contributed by atoms with Gasteiger partial charge in [-0.25, -0.2) is 9.98 Å². The van der Waals surface area contributed by atoms with E-state index in [2.05, 4.69) is 34.7 Å². The van der Waals surface area contributed by atoms with Crippen molar-refractivity contribution in [1.82, 2.24) is 14.9 Å². The van der Waals surface area contributed by atoms with E-state index in [1.807, 2.05) is 67.3 Å². The van der Waals surface area contributed by atoms with Crippen LogP contribution in [0.3, 0.4) is 0 Å². The quantitative estimate of drug-likeness (QED) is 0.254. The van der Waals surface area contributed by atoms with Crippen LogP contribution in [-0.2, 0) is 13.1 Å². The first kappa shape index (κ1) is 23.7. The molecule has 0 aliphatic carbocycles. The fraction of sp³-hybridized carbons (Fsp3) is 0.304. The molecule has 0 radical (unpaired) electrons. The molecule has 0 aliphatic rings. The largest absolute Gasteiger partial charge is 0.491 e. The fourth-order valence-corrected chi connectivity index (χ4v) is 2.84. The monoisotopic (exact) mass is 519 g/mol. The Balaban J connectivity index is 0.00000320. The average molecular weight is 519 g/mol. The number of aliphatic imine (C=N–C) groups is 1. The third kappa shape index (κ3) is 7.70. The predicted molar refractivity (Wildman–Crippen MR) is 134 cm³/mol. The van der Waals surface area contributed by atoms with Crippen molar-refractivity contribution < 1.29 is 4.74 Å². The molecule has 0 saturated carbocycles. The minimum atomic E-state index is 0. The van der Waals surface area contributed by atoms with Gasteiger partial charge in [0.15, 0.2) is 5.96 Å². The van der Waals surface area contributed by atoms with E-state index in [1.54, 1.807) is 6.20 Å². The second kappa shape index (κ2) is 12.2. The molecule has 0 spiro atoms. The van der Waals surface area contributed by atoms with Gasteiger partial charge in [-0.1, -0.05) is 24.3 Å². The molecule has 0 unspecified atom stereocenters. The van der Waals surface area contributed by atoms with Gasteiger partial charge >= 0.3 is 0 Å². The fourth-order valence-electron chi connectivity index (χ4n) is 2.84. The number of benzene rings is 2. The van der Waals surface area contributed by atoms with Gasteiger partial charge in [0.2, 0.25) is 0 Å². The third-order valence-corrected chi connectivity index (χ3v) is 4.38. The predicted octanol–water partition coefficient (Wildman–Crippen LogP) is 4.85. The molecule has 3 aromatic rings. The maximum atomic E-state index is 5.72. The lowest BCUT2D eigenvalue weighted by Gasteiger charge is -2.14. The highest BCUT2D eigenvalue weighted by Gasteiger charge is 2.03. The summed E-state index contributed by atoms with van der Waals surface area (Å²) in [6.07, 6.45) is 5.70. The van der Waals surface area contributed by atoms with Crippen molar-refractivity contribution >= 4 is 35.6 Å². The highest BCUT2D eigenvalue weighted by molar-refractivity contribution is 14.0. The normalized spacial score (nSPS) is 11.1. The molecule has 30 heavy (non-hydrogen) atoms. The summed E-state index contributed by atoms with van der Waals surface area (Å²) < 4.78 is 7.75. The number of imidazole rings is 1. The van der Waals surface area contributed by atoms with Crippen molar-refractivity contribution in [1.29, 1.82) is 0 Å². The number of hydrogen-bond acceptors (Lipinski definition) is 3. The Bertz CT molecular complexity index is 908. The lowest BCUT2D eigenvalue weighted by Crippen LogP contribution is -2.33. The van der Waals surface area contributed by atoms with Crippen LogP contribution in [-0.4, -0.2) is 28.2 Å². The van der Waals surface area contributed by atoms with Gasteiger partial charge in [-0.2, -0.15) is 0 Å². The van der Waals surface area contributed by atoms with Gasteiger partial charge in [-0.3, -0.25) is 0 Å². The van der Waals surface area contributed by atoms with Crippen LogP contribution in [0.25, 0.3) is 0 Å². The molecule has 0 atom stereocenters. The van der Waals surface area contributed by atoms with Crippen molar-refractivity contribution in [3.8, 4) is 5.75 Å². The Kier molecular flexibility index (Phi) is 9.66. The maximum absolute atomic E-state index is 5.72. The van der Waals surface area contributed by atoms with Crippen molar-refractivity contribution in [3.63, 3.8) is 0 Å². The second-order valence-corrected chi connectivity index (χ2v) is 7.13. The number of ether oxygens (including phenoxy) is 1. The average Bonchev–Trinajstić information content (AvgIpc) is 3.21. The number of aryl methyl sites for hydroxylation is 1. The summed E-state index contributed by atoms with van der Waals surface area (Å²) >= 11 is 0. The number of nitrogens with zero attached hydrogens (tertiary/aromatic N) is 3. The summed E-state index contributed by atoms with van der Waals surface area (Å²) in [5, 5.41) is 6.79. The van der Waals surface area contributed by atoms with Crippen LogP contribution in [0, 0.1) is 6.92 Å². The molecule has 7 heteroatoms. The zero-order valence-electron chi connectivity index (χ0n) is 17.7. The number of nitrogens with one attached hydrogen (secondary N) is 2. The van der Waals surface area contributed by atoms with Crippen LogP contribution >= 0.6 is 24.0 Å². The SMILES string of the molecule is Cc1ccccc1CN=C(NCCn1ccnc1)Nc1ccc(OC(C)C)cc1.I. The number of guanidine groups is 1. The Morgan fingerprint density at radius 2 is 1.90 bits per heavy atom. The molecule has 2 aromatic carbocycles. The van der Waals surface area contributed by atoms with E-state index in [-0.39, 0.29) is 30.1 Å². The number of rotatable bonds is 8. The molecular weight excluding hydrogens is 489 g/mol. The highest BCUT2D eigenvalue weighted by Crippen LogP contribution is 2.17. The minimum Gasteiger partial charge on any atom is -0.491 e. The van der Waals surface area contributed by atoms with E-state index in [1.165, 1.54) is 11.1 Å².